The molecule has 130 valence electrons. The molecule has 1 aromatic heterocycles. The van der Waals surface area contributed by atoms with Crippen LogP contribution in [0.5, 0.6) is 0 Å². The van der Waals surface area contributed by atoms with Crippen molar-refractivity contribution in [2.45, 2.75) is 24.0 Å². The highest BCUT2D eigenvalue weighted by Crippen LogP contribution is 2.34. The van der Waals surface area contributed by atoms with Crippen molar-refractivity contribution >= 4 is 11.8 Å². The lowest BCUT2D eigenvalue weighted by Gasteiger charge is -2.12. The lowest BCUT2D eigenvalue weighted by molar-refractivity contribution is -0.138. The van der Waals surface area contributed by atoms with Crippen molar-refractivity contribution in [2.75, 3.05) is 5.84 Å². The number of aromatic nitrogens is 3. The number of halogens is 3. The van der Waals surface area contributed by atoms with Crippen LogP contribution in [0.3, 0.4) is 0 Å². The molecular weight excluding hydrogens is 349 g/mol. The van der Waals surface area contributed by atoms with Crippen LogP contribution in [-0.2, 0) is 11.9 Å². The Bertz CT molecular complexity index is 872. The number of nitrogens with two attached hydrogens (primary N) is 1. The smallest absolute Gasteiger partial charge is 0.335 e. The van der Waals surface area contributed by atoms with Gasteiger partial charge in [-0.2, -0.15) is 13.2 Å². The summed E-state index contributed by atoms with van der Waals surface area (Å²) in [5.41, 5.74) is 1.43. The number of nitrogens with zero attached hydrogens (tertiary/aromatic N) is 3. The lowest BCUT2D eigenvalue weighted by atomic mass is 10.1. The average Bonchev–Trinajstić information content (AvgIpc) is 2.94. The summed E-state index contributed by atoms with van der Waals surface area (Å²) in [7, 11) is 0. The minimum atomic E-state index is -4.39. The number of hydrogen-bond donors (Lipinski definition) is 1. The summed E-state index contributed by atoms with van der Waals surface area (Å²) in [5.74, 6) is 6.57. The molecule has 2 aromatic carbocycles. The van der Waals surface area contributed by atoms with Gasteiger partial charge in [0.05, 0.1) is 5.56 Å². The van der Waals surface area contributed by atoms with E-state index in [4.69, 9.17) is 5.84 Å². The van der Waals surface area contributed by atoms with Crippen LogP contribution in [0.2, 0.25) is 0 Å². The normalized spacial score (nSPS) is 11.7. The number of aryl methyl sites for hydroxylation is 1. The first kappa shape index (κ1) is 17.3. The third kappa shape index (κ3) is 3.79. The molecule has 3 aromatic rings. The maximum absolute atomic E-state index is 13.0. The van der Waals surface area contributed by atoms with Gasteiger partial charge in [0.15, 0.2) is 5.82 Å². The highest BCUT2D eigenvalue weighted by Gasteiger charge is 2.32. The molecular formula is C17H15F3N4S. The first-order valence-electron chi connectivity index (χ1n) is 7.41. The fraction of sp³-hybridized carbons (Fsp3) is 0.176. The summed E-state index contributed by atoms with van der Waals surface area (Å²) >= 11 is 1.11. The van der Waals surface area contributed by atoms with E-state index in [-0.39, 0.29) is 11.3 Å². The number of alkyl halides is 3. The Balaban J connectivity index is 1.81. The fourth-order valence-corrected chi connectivity index (χ4v) is 3.20. The standard InChI is InChI=1S/C17H15F3N4S/c1-11-6-8-12(9-7-11)15-22-23-16(24(15)21)25-10-13-4-2-3-5-14(13)17(18,19)20/h2-9H,10,21H2,1H3. The average molecular weight is 364 g/mol. The van der Waals surface area contributed by atoms with E-state index in [1.54, 1.807) is 6.07 Å². The molecule has 4 nitrogen and oxygen atoms in total. The van der Waals surface area contributed by atoms with Gasteiger partial charge >= 0.3 is 6.18 Å². The second kappa shape index (κ2) is 6.79. The van der Waals surface area contributed by atoms with Crippen LogP contribution >= 0.6 is 11.8 Å². The quantitative estimate of drug-likeness (QED) is 0.555. The van der Waals surface area contributed by atoms with Gasteiger partial charge in [-0.3, -0.25) is 0 Å². The van der Waals surface area contributed by atoms with Crippen LogP contribution in [-0.4, -0.2) is 14.9 Å². The predicted molar refractivity (Wildman–Crippen MR) is 91.4 cm³/mol. The number of hydrogen-bond acceptors (Lipinski definition) is 4. The molecule has 0 fully saturated rings. The molecule has 0 aliphatic rings. The zero-order valence-electron chi connectivity index (χ0n) is 13.3. The van der Waals surface area contributed by atoms with Crippen LogP contribution in [0.25, 0.3) is 11.4 Å². The van der Waals surface area contributed by atoms with Crippen LogP contribution in [0, 0.1) is 6.92 Å². The van der Waals surface area contributed by atoms with Crippen LogP contribution in [0.4, 0.5) is 13.2 Å². The van der Waals surface area contributed by atoms with Crippen LogP contribution in [0.15, 0.2) is 53.7 Å². The van der Waals surface area contributed by atoms with Crippen LogP contribution < -0.4 is 5.84 Å². The van der Waals surface area contributed by atoms with E-state index in [1.807, 2.05) is 31.2 Å². The molecule has 0 unspecified atom stereocenters. The number of benzene rings is 2. The molecule has 0 bridgehead atoms. The van der Waals surface area contributed by atoms with E-state index >= 15 is 0 Å². The molecule has 0 atom stereocenters. The molecule has 0 radical (unpaired) electrons. The van der Waals surface area contributed by atoms with E-state index in [2.05, 4.69) is 10.2 Å². The Morgan fingerprint density at radius 2 is 1.72 bits per heavy atom. The maximum Gasteiger partial charge on any atom is 0.416 e. The van der Waals surface area contributed by atoms with E-state index in [9.17, 15) is 13.2 Å². The molecule has 0 aliphatic heterocycles. The second-order valence-corrected chi connectivity index (χ2v) is 6.43. The Hall–Kier alpha value is -2.48. The van der Waals surface area contributed by atoms with Gasteiger partial charge in [-0.1, -0.05) is 59.8 Å². The summed E-state index contributed by atoms with van der Waals surface area (Å²) in [6.07, 6.45) is -4.39. The summed E-state index contributed by atoms with van der Waals surface area (Å²) in [6, 6.07) is 13.1. The molecule has 0 amide bonds. The van der Waals surface area contributed by atoms with E-state index in [1.165, 1.54) is 16.8 Å². The van der Waals surface area contributed by atoms with E-state index < -0.39 is 11.7 Å². The molecule has 0 saturated heterocycles. The molecule has 8 heteroatoms. The lowest BCUT2D eigenvalue weighted by Crippen LogP contribution is -2.12. The van der Waals surface area contributed by atoms with Crippen molar-refractivity contribution in [2.24, 2.45) is 0 Å². The highest BCUT2D eigenvalue weighted by molar-refractivity contribution is 7.98. The third-order valence-corrected chi connectivity index (χ3v) is 4.65. The van der Waals surface area contributed by atoms with Gasteiger partial charge < -0.3 is 5.84 Å². The minimum Gasteiger partial charge on any atom is -0.335 e. The monoisotopic (exact) mass is 364 g/mol. The first-order valence-corrected chi connectivity index (χ1v) is 8.40. The second-order valence-electron chi connectivity index (χ2n) is 5.49. The molecule has 0 spiro atoms. The summed E-state index contributed by atoms with van der Waals surface area (Å²) in [6.45, 7) is 1.97. The molecule has 0 aliphatic carbocycles. The Morgan fingerprint density at radius 3 is 2.40 bits per heavy atom. The van der Waals surface area contributed by atoms with Gasteiger partial charge in [-0.05, 0) is 18.6 Å². The van der Waals surface area contributed by atoms with Crippen molar-refractivity contribution in [3.63, 3.8) is 0 Å². The van der Waals surface area contributed by atoms with Crippen LogP contribution in [0.1, 0.15) is 16.7 Å². The largest absolute Gasteiger partial charge is 0.416 e. The SMILES string of the molecule is Cc1ccc(-c2nnc(SCc3ccccc3C(F)(F)F)n2N)cc1. The molecule has 1 heterocycles. The number of rotatable bonds is 4. The van der Waals surface area contributed by atoms with Crippen molar-refractivity contribution in [1.29, 1.82) is 0 Å². The zero-order chi connectivity index (χ0) is 18.0. The summed E-state index contributed by atoms with van der Waals surface area (Å²) < 4.78 is 40.4. The zero-order valence-corrected chi connectivity index (χ0v) is 14.1. The molecule has 0 saturated carbocycles. The number of thioether (sulfide) groups is 1. The van der Waals surface area contributed by atoms with Crippen molar-refractivity contribution in [3.05, 3.63) is 65.2 Å². The molecule has 2 N–H and O–H groups in total. The van der Waals surface area contributed by atoms with Crippen molar-refractivity contribution in [3.8, 4) is 11.4 Å². The summed E-state index contributed by atoms with van der Waals surface area (Å²) in [5, 5.41) is 8.39. The number of nitrogen functional groups attached to an aromatic ring is 1. The topological polar surface area (TPSA) is 56.7 Å². The van der Waals surface area contributed by atoms with Gasteiger partial charge in [0.1, 0.15) is 0 Å². The minimum absolute atomic E-state index is 0.0961. The van der Waals surface area contributed by atoms with Gasteiger partial charge in [0.2, 0.25) is 5.16 Å². The van der Waals surface area contributed by atoms with Gasteiger partial charge in [0.25, 0.3) is 0 Å². The molecule has 3 rings (SSSR count). The highest BCUT2D eigenvalue weighted by atomic mass is 32.2. The van der Waals surface area contributed by atoms with Gasteiger partial charge in [-0.25, -0.2) is 4.68 Å². The first-order chi connectivity index (χ1) is 11.9. The maximum atomic E-state index is 13.0. The third-order valence-electron chi connectivity index (χ3n) is 3.65. The van der Waals surface area contributed by atoms with Gasteiger partial charge in [0, 0.05) is 11.3 Å². The Labute approximate surface area is 146 Å². The Morgan fingerprint density at radius 1 is 1.04 bits per heavy atom. The van der Waals surface area contributed by atoms with Gasteiger partial charge in [-0.15, -0.1) is 10.2 Å². The summed E-state index contributed by atoms with van der Waals surface area (Å²) in [4.78, 5) is 0. The van der Waals surface area contributed by atoms with Crippen molar-refractivity contribution < 1.29 is 13.2 Å². The van der Waals surface area contributed by atoms with Crippen molar-refractivity contribution in [1.82, 2.24) is 14.9 Å². The van der Waals surface area contributed by atoms with E-state index in [0.29, 0.717) is 11.0 Å². The molecule has 25 heavy (non-hydrogen) atoms. The predicted octanol–water partition coefficient (Wildman–Crippen LogP) is 4.28. The van der Waals surface area contributed by atoms with E-state index in [0.717, 1.165) is 29.0 Å². The fourth-order valence-electron chi connectivity index (χ4n) is 2.34. The Kier molecular flexibility index (Phi) is 4.71.